The van der Waals surface area contributed by atoms with Crippen LogP contribution in [-0.4, -0.2) is 43.6 Å². The lowest BCUT2D eigenvalue weighted by molar-refractivity contribution is -0.122. The van der Waals surface area contributed by atoms with E-state index in [-0.39, 0.29) is 11.9 Å². The number of piperidine rings is 1. The van der Waals surface area contributed by atoms with Gasteiger partial charge < -0.3 is 15.0 Å². The van der Waals surface area contributed by atoms with E-state index < -0.39 is 0 Å². The average Bonchev–Trinajstić information content (AvgIpc) is 2.58. The first-order chi connectivity index (χ1) is 11.6. The van der Waals surface area contributed by atoms with Gasteiger partial charge in [0.15, 0.2) is 0 Å². The van der Waals surface area contributed by atoms with Crippen molar-refractivity contribution in [1.82, 2.24) is 10.2 Å². The molecule has 1 atom stereocenters. The molecule has 0 bridgehead atoms. The largest absolute Gasteiger partial charge is 0.497 e. The normalized spacial score (nSPS) is 18.6. The highest BCUT2D eigenvalue weighted by Gasteiger charge is 2.20. The lowest BCUT2D eigenvalue weighted by atomic mass is 9.91. The Balaban J connectivity index is 1.73. The van der Waals surface area contributed by atoms with Crippen molar-refractivity contribution in [3.8, 4) is 5.75 Å². The molecule has 24 heavy (non-hydrogen) atoms. The molecule has 1 heterocycles. The van der Waals surface area contributed by atoms with Crippen molar-refractivity contribution in [3.63, 3.8) is 0 Å². The number of nitrogens with zero attached hydrogens (tertiary/aromatic N) is 1. The van der Waals surface area contributed by atoms with Crippen LogP contribution in [0, 0.1) is 5.92 Å². The molecule has 0 spiro atoms. The molecule has 0 unspecified atom stereocenters. The van der Waals surface area contributed by atoms with Gasteiger partial charge in [0.25, 0.3) is 0 Å². The minimum absolute atomic E-state index is 0.170. The number of hydrogen-bond donors (Lipinski definition) is 1. The van der Waals surface area contributed by atoms with Crippen LogP contribution in [0.4, 0.5) is 0 Å². The summed E-state index contributed by atoms with van der Waals surface area (Å²) < 4.78 is 5.30. The van der Waals surface area contributed by atoms with E-state index in [0.717, 1.165) is 37.7 Å². The van der Waals surface area contributed by atoms with Crippen LogP contribution in [0.25, 0.3) is 0 Å². The molecule has 1 aliphatic rings. The van der Waals surface area contributed by atoms with Gasteiger partial charge in [0.1, 0.15) is 5.75 Å². The summed E-state index contributed by atoms with van der Waals surface area (Å²) in [5.41, 5.74) is 1.35. The van der Waals surface area contributed by atoms with Crippen LogP contribution >= 0.6 is 0 Å². The summed E-state index contributed by atoms with van der Waals surface area (Å²) in [5.74, 6) is 1.84. The van der Waals surface area contributed by atoms with Crippen LogP contribution < -0.4 is 10.1 Å². The molecule has 1 saturated heterocycles. The summed E-state index contributed by atoms with van der Waals surface area (Å²) in [4.78, 5) is 14.3. The van der Waals surface area contributed by atoms with Gasteiger partial charge in [-0.2, -0.15) is 0 Å². The second kappa shape index (κ2) is 9.67. The molecule has 0 radical (unpaired) electrons. The van der Waals surface area contributed by atoms with Crippen molar-refractivity contribution in [2.45, 2.75) is 52.0 Å². The maximum absolute atomic E-state index is 11.8. The molecule has 4 nitrogen and oxygen atoms in total. The minimum Gasteiger partial charge on any atom is -0.497 e. The zero-order valence-corrected chi connectivity index (χ0v) is 15.4. The van der Waals surface area contributed by atoms with E-state index in [9.17, 15) is 4.79 Å². The summed E-state index contributed by atoms with van der Waals surface area (Å²) in [6.45, 7) is 7.15. The summed E-state index contributed by atoms with van der Waals surface area (Å²) in [5, 5.41) is 2.97. The summed E-state index contributed by atoms with van der Waals surface area (Å²) in [7, 11) is 1.72. The van der Waals surface area contributed by atoms with Gasteiger partial charge in [-0.05, 0) is 69.7 Å². The number of rotatable bonds is 8. The van der Waals surface area contributed by atoms with E-state index in [1.807, 2.05) is 19.9 Å². The van der Waals surface area contributed by atoms with Crippen molar-refractivity contribution < 1.29 is 9.53 Å². The van der Waals surface area contributed by atoms with Crippen LogP contribution in [0.2, 0.25) is 0 Å². The Morgan fingerprint density at radius 2 is 2.25 bits per heavy atom. The van der Waals surface area contributed by atoms with Crippen LogP contribution in [0.1, 0.15) is 45.1 Å². The van der Waals surface area contributed by atoms with E-state index in [1.165, 1.54) is 24.8 Å². The first kappa shape index (κ1) is 18.8. The Hall–Kier alpha value is -1.55. The quantitative estimate of drug-likeness (QED) is 0.794. The number of carbonyl (C=O) groups excluding carboxylic acids is 1. The third-order valence-electron chi connectivity index (χ3n) is 4.68. The van der Waals surface area contributed by atoms with Crippen molar-refractivity contribution >= 4 is 5.91 Å². The van der Waals surface area contributed by atoms with Gasteiger partial charge in [-0.1, -0.05) is 12.1 Å². The Bertz CT molecular complexity index is 516. The average molecular weight is 332 g/mol. The number of nitrogens with one attached hydrogen (secondary N) is 1. The molecular formula is C20H32N2O2. The molecule has 1 aromatic rings. The lowest BCUT2D eigenvalue weighted by Gasteiger charge is -2.32. The highest BCUT2D eigenvalue weighted by atomic mass is 16.5. The van der Waals surface area contributed by atoms with E-state index >= 15 is 0 Å². The molecule has 4 heteroatoms. The monoisotopic (exact) mass is 332 g/mol. The second-order valence-electron chi connectivity index (χ2n) is 7.17. The fraction of sp³-hybridized carbons (Fsp3) is 0.650. The van der Waals surface area contributed by atoms with Crippen LogP contribution in [0.3, 0.4) is 0 Å². The molecule has 1 fully saturated rings. The number of benzene rings is 1. The highest BCUT2D eigenvalue weighted by Crippen LogP contribution is 2.23. The number of carbonyl (C=O) groups is 1. The van der Waals surface area contributed by atoms with Crippen molar-refractivity contribution in [1.29, 1.82) is 0 Å². The van der Waals surface area contributed by atoms with Crippen molar-refractivity contribution in [2.75, 3.05) is 26.7 Å². The molecule has 1 N–H and O–H groups in total. The van der Waals surface area contributed by atoms with Gasteiger partial charge in [0.05, 0.1) is 7.11 Å². The van der Waals surface area contributed by atoms with Crippen LogP contribution in [0.5, 0.6) is 5.75 Å². The minimum atomic E-state index is 0.170. The van der Waals surface area contributed by atoms with E-state index in [2.05, 4.69) is 28.4 Å². The van der Waals surface area contributed by atoms with Crippen LogP contribution in [0.15, 0.2) is 24.3 Å². The Morgan fingerprint density at radius 3 is 3.00 bits per heavy atom. The van der Waals surface area contributed by atoms with Crippen molar-refractivity contribution in [3.05, 3.63) is 29.8 Å². The van der Waals surface area contributed by atoms with E-state index in [0.29, 0.717) is 6.42 Å². The first-order valence-electron chi connectivity index (χ1n) is 9.21. The number of hydrogen-bond acceptors (Lipinski definition) is 3. The number of methoxy groups -OCH3 is 1. The zero-order valence-electron chi connectivity index (χ0n) is 15.4. The Kier molecular flexibility index (Phi) is 7.57. The third kappa shape index (κ3) is 6.52. The summed E-state index contributed by atoms with van der Waals surface area (Å²) in [6.07, 6.45) is 5.47. The zero-order chi connectivity index (χ0) is 17.4. The third-order valence-corrected chi connectivity index (χ3v) is 4.68. The molecule has 2 rings (SSSR count). The van der Waals surface area contributed by atoms with Gasteiger partial charge in [0, 0.05) is 25.6 Å². The van der Waals surface area contributed by atoms with E-state index in [4.69, 9.17) is 4.74 Å². The van der Waals surface area contributed by atoms with Crippen molar-refractivity contribution in [2.24, 2.45) is 5.92 Å². The standard InChI is InChI=1S/C20H32N2O2/c1-16(2)21-20(23)11-13-22-12-5-7-18(15-22)10-9-17-6-4-8-19(14-17)24-3/h4,6,8,14,16,18H,5,7,9-13,15H2,1-3H3,(H,21,23)/t18-/m0/s1. The summed E-state index contributed by atoms with van der Waals surface area (Å²) in [6, 6.07) is 8.60. The second-order valence-corrected chi connectivity index (χ2v) is 7.17. The predicted molar refractivity (Wildman–Crippen MR) is 98.4 cm³/mol. The number of likely N-dealkylation sites (tertiary alicyclic amines) is 1. The fourth-order valence-electron chi connectivity index (χ4n) is 3.44. The molecule has 134 valence electrons. The Morgan fingerprint density at radius 1 is 1.42 bits per heavy atom. The fourth-order valence-corrected chi connectivity index (χ4v) is 3.44. The summed E-state index contributed by atoms with van der Waals surface area (Å²) >= 11 is 0. The van der Waals surface area contributed by atoms with Gasteiger partial charge in [0.2, 0.25) is 5.91 Å². The maximum atomic E-state index is 11.8. The Labute approximate surface area is 146 Å². The molecular weight excluding hydrogens is 300 g/mol. The van der Waals surface area contributed by atoms with Crippen LogP contribution in [-0.2, 0) is 11.2 Å². The predicted octanol–water partition coefficient (Wildman–Crippen LogP) is 3.25. The maximum Gasteiger partial charge on any atom is 0.221 e. The molecule has 1 amide bonds. The number of aryl methyl sites for hydroxylation is 1. The SMILES string of the molecule is COc1cccc(CC[C@@H]2CCCN(CCC(=O)NC(C)C)C2)c1. The molecule has 0 aromatic heterocycles. The van der Waals surface area contributed by atoms with Gasteiger partial charge in [-0.3, -0.25) is 4.79 Å². The van der Waals surface area contributed by atoms with Gasteiger partial charge in [-0.25, -0.2) is 0 Å². The molecule has 1 aliphatic heterocycles. The topological polar surface area (TPSA) is 41.6 Å². The highest BCUT2D eigenvalue weighted by molar-refractivity contribution is 5.76. The molecule has 0 saturated carbocycles. The molecule has 0 aliphatic carbocycles. The van der Waals surface area contributed by atoms with Gasteiger partial charge >= 0.3 is 0 Å². The van der Waals surface area contributed by atoms with Gasteiger partial charge in [-0.15, -0.1) is 0 Å². The molecule has 1 aromatic carbocycles. The van der Waals surface area contributed by atoms with E-state index in [1.54, 1.807) is 7.11 Å². The number of ether oxygens (including phenoxy) is 1. The lowest BCUT2D eigenvalue weighted by Crippen LogP contribution is -2.39. The first-order valence-corrected chi connectivity index (χ1v) is 9.21. The number of amides is 1. The smallest absolute Gasteiger partial charge is 0.221 e.